The number of anilines is 1. The summed E-state index contributed by atoms with van der Waals surface area (Å²) < 4.78 is 5.76. The van der Waals surface area contributed by atoms with E-state index in [1.54, 1.807) is 18.2 Å². The van der Waals surface area contributed by atoms with Gasteiger partial charge in [-0.15, -0.1) is 0 Å². The van der Waals surface area contributed by atoms with Crippen LogP contribution >= 0.6 is 23.2 Å². The minimum atomic E-state index is -0.584. The van der Waals surface area contributed by atoms with E-state index in [0.717, 1.165) is 5.56 Å². The molecule has 1 atom stereocenters. The van der Waals surface area contributed by atoms with E-state index in [1.807, 2.05) is 38.1 Å². The van der Waals surface area contributed by atoms with Gasteiger partial charge in [-0.1, -0.05) is 42.3 Å². The molecular weight excluding hydrogens is 321 g/mol. The van der Waals surface area contributed by atoms with Crippen molar-refractivity contribution < 1.29 is 9.53 Å². The Bertz CT molecular complexity index is 653. The lowest BCUT2D eigenvalue weighted by molar-refractivity contribution is -0.122. The van der Waals surface area contributed by atoms with Crippen LogP contribution in [0.4, 0.5) is 5.69 Å². The second-order valence-corrected chi connectivity index (χ2v) is 5.85. The highest BCUT2D eigenvalue weighted by Gasteiger charge is 2.19. The third-order valence-corrected chi connectivity index (χ3v) is 3.50. The van der Waals surface area contributed by atoms with E-state index in [9.17, 15) is 4.79 Å². The van der Waals surface area contributed by atoms with Gasteiger partial charge in [-0.2, -0.15) is 0 Å². The summed E-state index contributed by atoms with van der Waals surface area (Å²) in [5.41, 5.74) is 1.63. The van der Waals surface area contributed by atoms with E-state index in [-0.39, 0.29) is 5.91 Å². The molecule has 0 heterocycles. The molecule has 2 rings (SSSR count). The molecule has 22 heavy (non-hydrogen) atoms. The van der Waals surface area contributed by atoms with Crippen LogP contribution in [0, 0.1) is 6.92 Å². The van der Waals surface area contributed by atoms with Gasteiger partial charge in [-0.05, 0) is 49.2 Å². The molecule has 0 radical (unpaired) electrons. The number of hydrogen-bond acceptors (Lipinski definition) is 2. The smallest absolute Gasteiger partial charge is 0.265 e. The highest BCUT2D eigenvalue weighted by Crippen LogP contribution is 2.23. The Morgan fingerprint density at radius 3 is 2.45 bits per heavy atom. The third-order valence-electron chi connectivity index (χ3n) is 3.06. The number of rotatable bonds is 5. The van der Waals surface area contributed by atoms with Gasteiger partial charge in [0.05, 0.1) is 0 Å². The van der Waals surface area contributed by atoms with E-state index in [1.165, 1.54) is 0 Å². The summed E-state index contributed by atoms with van der Waals surface area (Å²) in [7, 11) is 0. The minimum Gasteiger partial charge on any atom is -0.481 e. The Morgan fingerprint density at radius 2 is 1.86 bits per heavy atom. The van der Waals surface area contributed by atoms with E-state index < -0.39 is 6.10 Å². The fourth-order valence-corrected chi connectivity index (χ4v) is 2.55. The minimum absolute atomic E-state index is 0.234. The number of nitrogens with one attached hydrogen (secondary N) is 1. The molecule has 0 unspecified atom stereocenters. The van der Waals surface area contributed by atoms with E-state index in [4.69, 9.17) is 27.9 Å². The van der Waals surface area contributed by atoms with Crippen molar-refractivity contribution in [3.63, 3.8) is 0 Å². The molecule has 3 nitrogen and oxygen atoms in total. The highest BCUT2D eigenvalue weighted by atomic mass is 35.5. The summed E-state index contributed by atoms with van der Waals surface area (Å²) >= 11 is 11.9. The Labute approximate surface area is 140 Å². The summed E-state index contributed by atoms with van der Waals surface area (Å²) in [4.78, 5) is 12.3. The van der Waals surface area contributed by atoms with E-state index in [0.29, 0.717) is 27.9 Å². The van der Waals surface area contributed by atoms with Crippen LogP contribution in [0.3, 0.4) is 0 Å². The maximum atomic E-state index is 12.3. The topological polar surface area (TPSA) is 38.3 Å². The second kappa shape index (κ2) is 7.52. The molecule has 0 aromatic heterocycles. The van der Waals surface area contributed by atoms with Crippen LogP contribution in [0.1, 0.15) is 18.9 Å². The van der Waals surface area contributed by atoms with Crippen molar-refractivity contribution in [1.82, 2.24) is 0 Å². The first-order chi connectivity index (χ1) is 10.5. The first kappa shape index (κ1) is 16.7. The van der Waals surface area contributed by atoms with Gasteiger partial charge >= 0.3 is 0 Å². The van der Waals surface area contributed by atoms with E-state index >= 15 is 0 Å². The van der Waals surface area contributed by atoms with Gasteiger partial charge in [0.2, 0.25) is 0 Å². The number of ether oxygens (including phenoxy) is 1. The van der Waals surface area contributed by atoms with Gasteiger partial charge in [0.1, 0.15) is 5.75 Å². The number of halogens is 2. The van der Waals surface area contributed by atoms with Crippen LogP contribution in [0.15, 0.2) is 42.5 Å². The van der Waals surface area contributed by atoms with Crippen LogP contribution in [-0.4, -0.2) is 12.0 Å². The molecule has 0 saturated carbocycles. The first-order valence-electron chi connectivity index (χ1n) is 6.98. The van der Waals surface area contributed by atoms with Crippen LogP contribution in [0.5, 0.6) is 5.75 Å². The van der Waals surface area contributed by atoms with Crippen molar-refractivity contribution in [3.05, 3.63) is 58.1 Å². The molecule has 116 valence electrons. The standard InChI is InChI=1S/C17H17Cl2NO2/c1-3-16(22-15-6-4-5-11(2)7-15)17(21)20-14-9-12(18)8-13(19)10-14/h4-10,16H,3H2,1-2H3,(H,20,21)/t16-/m0/s1. The van der Waals surface area contributed by atoms with Gasteiger partial charge in [-0.25, -0.2) is 0 Å². The molecule has 1 amide bonds. The largest absolute Gasteiger partial charge is 0.481 e. The van der Waals surface area contributed by atoms with Gasteiger partial charge in [0.25, 0.3) is 5.91 Å². The summed E-state index contributed by atoms with van der Waals surface area (Å²) in [5, 5.41) is 3.71. The zero-order valence-electron chi connectivity index (χ0n) is 12.4. The quantitative estimate of drug-likeness (QED) is 0.824. The lowest BCUT2D eigenvalue weighted by Crippen LogP contribution is -2.32. The second-order valence-electron chi connectivity index (χ2n) is 4.98. The number of carbonyl (C=O) groups excluding carboxylic acids is 1. The SMILES string of the molecule is CC[C@H](Oc1cccc(C)c1)C(=O)Nc1cc(Cl)cc(Cl)c1. The molecule has 1 N–H and O–H groups in total. The zero-order chi connectivity index (χ0) is 16.1. The number of benzene rings is 2. The Balaban J connectivity index is 2.08. The maximum absolute atomic E-state index is 12.3. The Morgan fingerprint density at radius 1 is 1.18 bits per heavy atom. The highest BCUT2D eigenvalue weighted by molar-refractivity contribution is 6.35. The molecule has 2 aromatic carbocycles. The maximum Gasteiger partial charge on any atom is 0.265 e. The molecule has 0 spiro atoms. The Hall–Kier alpha value is -1.71. The molecule has 0 aliphatic heterocycles. The van der Waals surface area contributed by atoms with Gasteiger partial charge in [0.15, 0.2) is 6.10 Å². The lowest BCUT2D eigenvalue weighted by Gasteiger charge is -2.17. The van der Waals surface area contributed by atoms with E-state index in [2.05, 4.69) is 5.32 Å². The molecule has 5 heteroatoms. The third kappa shape index (κ3) is 4.65. The first-order valence-corrected chi connectivity index (χ1v) is 7.74. The normalized spacial score (nSPS) is 11.8. The molecule has 0 saturated heterocycles. The summed E-state index contributed by atoms with van der Waals surface area (Å²) in [6.45, 7) is 3.87. The molecule has 0 bridgehead atoms. The van der Waals surface area contributed by atoms with Crippen molar-refractivity contribution in [2.75, 3.05) is 5.32 Å². The average Bonchev–Trinajstić information content (AvgIpc) is 2.43. The molecule has 0 aliphatic rings. The fourth-order valence-electron chi connectivity index (χ4n) is 2.02. The number of hydrogen-bond donors (Lipinski definition) is 1. The predicted molar refractivity (Wildman–Crippen MR) is 91.0 cm³/mol. The van der Waals surface area contributed by atoms with Crippen LogP contribution in [-0.2, 0) is 4.79 Å². The number of aryl methyl sites for hydroxylation is 1. The fraction of sp³-hybridized carbons (Fsp3) is 0.235. The van der Waals surface area contributed by atoms with Gasteiger partial charge in [0, 0.05) is 15.7 Å². The van der Waals surface area contributed by atoms with Crippen molar-refractivity contribution in [2.24, 2.45) is 0 Å². The average molecular weight is 338 g/mol. The monoisotopic (exact) mass is 337 g/mol. The molecule has 0 aliphatic carbocycles. The lowest BCUT2D eigenvalue weighted by atomic mass is 10.2. The zero-order valence-corrected chi connectivity index (χ0v) is 13.9. The van der Waals surface area contributed by atoms with Gasteiger partial charge < -0.3 is 10.1 Å². The summed E-state index contributed by atoms with van der Waals surface area (Å²) in [6.07, 6.45) is -0.0341. The van der Waals surface area contributed by atoms with Crippen molar-refractivity contribution in [3.8, 4) is 5.75 Å². The number of carbonyl (C=O) groups is 1. The predicted octanol–water partition coefficient (Wildman–Crippen LogP) is 5.10. The molecule has 2 aromatic rings. The summed E-state index contributed by atoms with van der Waals surface area (Å²) in [6, 6.07) is 12.5. The van der Waals surface area contributed by atoms with Crippen LogP contribution < -0.4 is 10.1 Å². The molecular formula is C17H17Cl2NO2. The number of amides is 1. The summed E-state index contributed by atoms with van der Waals surface area (Å²) in [5.74, 6) is 0.438. The van der Waals surface area contributed by atoms with Gasteiger partial charge in [-0.3, -0.25) is 4.79 Å². The van der Waals surface area contributed by atoms with Crippen molar-refractivity contribution >= 4 is 34.8 Å². The van der Waals surface area contributed by atoms with Crippen molar-refractivity contribution in [2.45, 2.75) is 26.4 Å². The van der Waals surface area contributed by atoms with Crippen molar-refractivity contribution in [1.29, 1.82) is 0 Å². The molecule has 0 fully saturated rings. The Kier molecular flexibility index (Phi) is 5.69. The van der Waals surface area contributed by atoms with Crippen LogP contribution in [0.2, 0.25) is 10.0 Å². The van der Waals surface area contributed by atoms with Crippen LogP contribution in [0.25, 0.3) is 0 Å².